The highest BCUT2D eigenvalue weighted by Crippen LogP contribution is 2.25. The first-order valence-electron chi connectivity index (χ1n) is 10.2. The highest BCUT2D eigenvalue weighted by molar-refractivity contribution is 7.92. The lowest BCUT2D eigenvalue weighted by molar-refractivity contribution is 0.0947. The van der Waals surface area contributed by atoms with E-state index in [1.165, 1.54) is 12.1 Å². The van der Waals surface area contributed by atoms with Crippen LogP contribution in [0.1, 0.15) is 15.9 Å². The van der Waals surface area contributed by atoms with Gasteiger partial charge in [-0.15, -0.1) is 0 Å². The molecule has 0 unspecified atom stereocenters. The summed E-state index contributed by atoms with van der Waals surface area (Å²) in [5, 5.41) is 2.73. The van der Waals surface area contributed by atoms with Crippen molar-refractivity contribution in [1.29, 1.82) is 0 Å². The van der Waals surface area contributed by atoms with Gasteiger partial charge in [-0.1, -0.05) is 12.1 Å². The number of carbonyl (C=O) groups excluding carboxylic acids is 1. The second-order valence-corrected chi connectivity index (χ2v) is 9.25. The molecule has 0 bridgehead atoms. The van der Waals surface area contributed by atoms with Crippen LogP contribution in [-0.4, -0.2) is 40.8 Å². The van der Waals surface area contributed by atoms with E-state index in [0.717, 1.165) is 22.7 Å². The van der Waals surface area contributed by atoms with Gasteiger partial charge in [-0.2, -0.15) is 0 Å². The van der Waals surface area contributed by atoms with E-state index >= 15 is 0 Å². The van der Waals surface area contributed by atoms with E-state index in [2.05, 4.69) is 5.32 Å². The van der Waals surface area contributed by atoms with Crippen molar-refractivity contribution in [3.8, 4) is 11.5 Å². The predicted molar refractivity (Wildman–Crippen MR) is 125 cm³/mol. The number of sulfonamides is 1. The molecule has 1 amide bonds. The molecule has 10 heteroatoms. The van der Waals surface area contributed by atoms with Crippen LogP contribution in [0.25, 0.3) is 0 Å². The maximum Gasteiger partial charge on any atom is 0.251 e. The van der Waals surface area contributed by atoms with E-state index in [1.807, 2.05) is 0 Å². The molecule has 0 radical (unpaired) electrons. The van der Waals surface area contributed by atoms with Crippen LogP contribution < -0.4 is 19.1 Å². The van der Waals surface area contributed by atoms with Crippen LogP contribution in [0.3, 0.4) is 0 Å². The summed E-state index contributed by atoms with van der Waals surface area (Å²) in [7, 11) is -2.27. The molecule has 0 heterocycles. The van der Waals surface area contributed by atoms with Crippen molar-refractivity contribution in [2.24, 2.45) is 0 Å². The number of methoxy groups -OCH3 is 1. The van der Waals surface area contributed by atoms with E-state index in [0.29, 0.717) is 28.7 Å². The zero-order chi connectivity index (χ0) is 24.7. The van der Waals surface area contributed by atoms with Crippen molar-refractivity contribution in [3.63, 3.8) is 0 Å². The number of carbonyl (C=O) groups is 1. The van der Waals surface area contributed by atoms with Gasteiger partial charge in [0.25, 0.3) is 5.91 Å². The quantitative estimate of drug-likeness (QED) is 0.438. The molecule has 0 aliphatic carbocycles. The molecule has 0 spiro atoms. The molecule has 0 fully saturated rings. The lowest BCUT2D eigenvalue weighted by Gasteiger charge is -2.23. The zero-order valence-corrected chi connectivity index (χ0v) is 19.4. The molecular formula is C24H24F2N2O5S. The third-order valence-electron chi connectivity index (χ3n) is 4.84. The van der Waals surface area contributed by atoms with Gasteiger partial charge in [0.2, 0.25) is 10.0 Å². The minimum absolute atomic E-state index is 0.182. The summed E-state index contributed by atoms with van der Waals surface area (Å²) < 4.78 is 63.3. The monoisotopic (exact) mass is 490 g/mol. The molecule has 0 saturated carbocycles. The standard InChI is InChI=1S/C24H24F2N2O5S/c1-32-20-8-10-21(11-9-20)33-14-13-27-24(29)18-5-3-17(4-6-18)16-28(34(2,30)31)23-12-7-19(25)15-22(23)26/h3-12,15H,13-14,16H2,1-2H3,(H,27,29). The Labute approximate surface area is 197 Å². The third-order valence-corrected chi connectivity index (χ3v) is 5.96. The molecule has 3 aromatic carbocycles. The number of anilines is 1. The number of amides is 1. The molecule has 7 nitrogen and oxygen atoms in total. The maximum atomic E-state index is 14.2. The van der Waals surface area contributed by atoms with Crippen LogP contribution in [0.5, 0.6) is 11.5 Å². The van der Waals surface area contributed by atoms with Crippen molar-refractivity contribution in [2.45, 2.75) is 6.54 Å². The van der Waals surface area contributed by atoms with E-state index in [1.54, 1.807) is 43.5 Å². The fraction of sp³-hybridized carbons (Fsp3) is 0.208. The van der Waals surface area contributed by atoms with Crippen molar-refractivity contribution in [3.05, 3.63) is 89.5 Å². The molecule has 3 aromatic rings. The molecule has 34 heavy (non-hydrogen) atoms. The minimum atomic E-state index is -3.85. The highest BCUT2D eigenvalue weighted by Gasteiger charge is 2.21. The van der Waals surface area contributed by atoms with Crippen LogP contribution in [0.2, 0.25) is 0 Å². The molecule has 1 N–H and O–H groups in total. The topological polar surface area (TPSA) is 84.9 Å². The van der Waals surface area contributed by atoms with Gasteiger partial charge >= 0.3 is 0 Å². The van der Waals surface area contributed by atoms with Crippen molar-refractivity contribution < 1.29 is 31.5 Å². The van der Waals surface area contributed by atoms with Gasteiger partial charge in [0.05, 0.1) is 32.1 Å². The number of rotatable bonds is 10. The first-order chi connectivity index (χ1) is 16.2. The maximum absolute atomic E-state index is 14.2. The molecule has 180 valence electrons. The number of halogens is 2. The van der Waals surface area contributed by atoms with Crippen molar-refractivity contribution in [2.75, 3.05) is 30.8 Å². The van der Waals surface area contributed by atoms with E-state index in [9.17, 15) is 22.0 Å². The smallest absolute Gasteiger partial charge is 0.251 e. The van der Waals surface area contributed by atoms with Gasteiger partial charge in [0, 0.05) is 11.6 Å². The van der Waals surface area contributed by atoms with Crippen LogP contribution in [0.15, 0.2) is 66.7 Å². The van der Waals surface area contributed by atoms with E-state index in [4.69, 9.17) is 9.47 Å². The number of hydrogen-bond acceptors (Lipinski definition) is 5. The van der Waals surface area contributed by atoms with Gasteiger partial charge in [0.1, 0.15) is 29.7 Å². The van der Waals surface area contributed by atoms with Gasteiger partial charge in [-0.3, -0.25) is 9.10 Å². The van der Waals surface area contributed by atoms with Crippen LogP contribution in [0, 0.1) is 11.6 Å². The summed E-state index contributed by atoms with van der Waals surface area (Å²) in [4.78, 5) is 12.4. The summed E-state index contributed by atoms with van der Waals surface area (Å²) in [6.07, 6.45) is 0.936. The summed E-state index contributed by atoms with van der Waals surface area (Å²) in [6, 6.07) is 16.0. The van der Waals surface area contributed by atoms with Gasteiger partial charge in [0.15, 0.2) is 0 Å². The fourth-order valence-corrected chi connectivity index (χ4v) is 3.99. The normalized spacial score (nSPS) is 11.1. The lowest BCUT2D eigenvalue weighted by atomic mass is 10.1. The lowest BCUT2D eigenvalue weighted by Crippen LogP contribution is -2.30. The van der Waals surface area contributed by atoms with Crippen LogP contribution in [0.4, 0.5) is 14.5 Å². The number of nitrogens with zero attached hydrogens (tertiary/aromatic N) is 1. The molecule has 0 atom stereocenters. The second kappa shape index (κ2) is 11.0. The number of benzene rings is 3. The molecular weight excluding hydrogens is 466 g/mol. The molecule has 3 rings (SSSR count). The fourth-order valence-electron chi connectivity index (χ4n) is 3.10. The van der Waals surface area contributed by atoms with E-state index in [-0.39, 0.29) is 31.3 Å². The summed E-state index contributed by atoms with van der Waals surface area (Å²) in [6.45, 7) is 0.361. The molecule has 0 aliphatic rings. The average Bonchev–Trinajstić information content (AvgIpc) is 2.81. The number of ether oxygens (including phenoxy) is 2. The first kappa shape index (κ1) is 25.0. The second-order valence-electron chi connectivity index (χ2n) is 7.34. The molecule has 0 aliphatic heterocycles. The Bertz CT molecular complexity index is 1230. The predicted octanol–water partition coefficient (Wildman–Crippen LogP) is 3.75. The molecule has 0 aromatic heterocycles. The molecule has 0 saturated heterocycles. The van der Waals surface area contributed by atoms with Crippen LogP contribution >= 0.6 is 0 Å². The van der Waals surface area contributed by atoms with Gasteiger partial charge < -0.3 is 14.8 Å². The Morgan fingerprint density at radius 1 is 0.971 bits per heavy atom. The number of hydrogen-bond donors (Lipinski definition) is 1. The van der Waals surface area contributed by atoms with Crippen LogP contribution in [-0.2, 0) is 16.6 Å². The third kappa shape index (κ3) is 6.67. The SMILES string of the molecule is COc1ccc(OCCNC(=O)c2ccc(CN(c3ccc(F)cc3F)S(C)(=O)=O)cc2)cc1. The Balaban J connectivity index is 1.57. The summed E-state index contributed by atoms with van der Waals surface area (Å²) in [5.41, 5.74) is 0.628. The minimum Gasteiger partial charge on any atom is -0.497 e. The van der Waals surface area contributed by atoms with Gasteiger partial charge in [-0.05, 0) is 54.1 Å². The Kier molecular flexibility index (Phi) is 8.06. The summed E-state index contributed by atoms with van der Waals surface area (Å²) in [5.74, 6) is -0.758. The largest absolute Gasteiger partial charge is 0.497 e. The highest BCUT2D eigenvalue weighted by atomic mass is 32.2. The van der Waals surface area contributed by atoms with Crippen molar-refractivity contribution >= 4 is 21.6 Å². The Morgan fingerprint density at radius 3 is 2.21 bits per heavy atom. The zero-order valence-electron chi connectivity index (χ0n) is 18.6. The Morgan fingerprint density at radius 2 is 1.62 bits per heavy atom. The van der Waals surface area contributed by atoms with Gasteiger partial charge in [-0.25, -0.2) is 17.2 Å². The van der Waals surface area contributed by atoms with Crippen molar-refractivity contribution in [1.82, 2.24) is 5.32 Å². The number of nitrogens with one attached hydrogen (secondary N) is 1. The van der Waals surface area contributed by atoms with E-state index < -0.39 is 21.7 Å². The Hall–Kier alpha value is -3.66. The average molecular weight is 491 g/mol. The summed E-state index contributed by atoms with van der Waals surface area (Å²) >= 11 is 0. The first-order valence-corrected chi connectivity index (χ1v) is 12.1.